The number of furan rings is 1. The second-order valence-electron chi connectivity index (χ2n) is 3.34. The third kappa shape index (κ3) is 1.35. The third-order valence-electron chi connectivity index (χ3n) is 1.89. The second-order valence-corrected chi connectivity index (χ2v) is 3.34. The van der Waals surface area contributed by atoms with Gasteiger partial charge in [0.25, 0.3) is 0 Å². The van der Waals surface area contributed by atoms with Gasteiger partial charge in [-0.3, -0.25) is 4.79 Å². The van der Waals surface area contributed by atoms with Gasteiger partial charge in [-0.2, -0.15) is 0 Å². The highest BCUT2D eigenvalue weighted by Crippen LogP contribution is 2.24. The molecule has 0 aliphatic heterocycles. The van der Waals surface area contributed by atoms with Crippen molar-refractivity contribution in [3.8, 4) is 0 Å². The Hall–Kier alpha value is -1.25. The number of hydrogen-bond acceptors (Lipinski definition) is 2. The van der Waals surface area contributed by atoms with Gasteiger partial charge < -0.3 is 9.52 Å². The van der Waals surface area contributed by atoms with Crippen LogP contribution in [0.2, 0.25) is 0 Å². The number of aliphatic carboxylic acids is 1. The van der Waals surface area contributed by atoms with Crippen molar-refractivity contribution in [2.24, 2.45) is 0 Å². The summed E-state index contributed by atoms with van der Waals surface area (Å²) in [4.78, 5) is 10.8. The van der Waals surface area contributed by atoms with Crippen LogP contribution in [0.1, 0.15) is 25.4 Å². The zero-order valence-electron chi connectivity index (χ0n) is 7.42. The van der Waals surface area contributed by atoms with Crippen molar-refractivity contribution in [2.45, 2.75) is 26.2 Å². The fraction of sp³-hybridized carbons (Fsp3) is 0.444. The van der Waals surface area contributed by atoms with E-state index in [0.717, 1.165) is 5.76 Å². The predicted octanol–water partition coefficient (Wildman–Crippen LogP) is 1.95. The first-order valence-electron chi connectivity index (χ1n) is 3.75. The van der Waals surface area contributed by atoms with Crippen LogP contribution >= 0.6 is 0 Å². The average molecular weight is 168 g/mol. The summed E-state index contributed by atoms with van der Waals surface area (Å²) >= 11 is 0. The fourth-order valence-corrected chi connectivity index (χ4v) is 0.876. The van der Waals surface area contributed by atoms with Gasteiger partial charge >= 0.3 is 5.97 Å². The van der Waals surface area contributed by atoms with Crippen molar-refractivity contribution < 1.29 is 14.3 Å². The van der Waals surface area contributed by atoms with Crippen LogP contribution in [0.25, 0.3) is 0 Å². The monoisotopic (exact) mass is 168 g/mol. The molecule has 1 rings (SSSR count). The van der Waals surface area contributed by atoms with E-state index in [-0.39, 0.29) is 0 Å². The average Bonchev–Trinajstić information content (AvgIpc) is 2.35. The van der Waals surface area contributed by atoms with Crippen molar-refractivity contribution in [3.63, 3.8) is 0 Å². The fourth-order valence-electron chi connectivity index (χ4n) is 0.876. The molecule has 1 heterocycles. The van der Waals surface area contributed by atoms with Gasteiger partial charge in [0.2, 0.25) is 0 Å². The number of hydrogen-bond donors (Lipinski definition) is 1. The Morgan fingerprint density at radius 1 is 1.50 bits per heavy atom. The summed E-state index contributed by atoms with van der Waals surface area (Å²) in [5.41, 5.74) is -0.936. The van der Waals surface area contributed by atoms with Crippen LogP contribution in [0, 0.1) is 6.92 Å². The lowest BCUT2D eigenvalue weighted by Crippen LogP contribution is -2.27. The molecule has 66 valence electrons. The largest absolute Gasteiger partial charge is 0.481 e. The van der Waals surface area contributed by atoms with Gasteiger partial charge in [-0.25, -0.2) is 0 Å². The second kappa shape index (κ2) is 2.66. The molecule has 0 radical (unpaired) electrons. The molecule has 1 aromatic heterocycles. The first-order chi connectivity index (χ1) is 5.44. The maximum atomic E-state index is 10.8. The molecule has 0 aromatic carbocycles. The standard InChI is InChI=1S/C9H12O3/c1-6-4-5-7(12-6)9(2,3)8(10)11/h4-5H,1-3H3,(H,10,11). The first kappa shape index (κ1) is 8.84. The topological polar surface area (TPSA) is 50.4 Å². The number of rotatable bonds is 2. The normalized spacial score (nSPS) is 11.6. The van der Waals surface area contributed by atoms with Crippen LogP contribution < -0.4 is 0 Å². The van der Waals surface area contributed by atoms with E-state index < -0.39 is 11.4 Å². The molecule has 3 heteroatoms. The summed E-state index contributed by atoms with van der Waals surface area (Å²) in [5, 5.41) is 8.84. The van der Waals surface area contributed by atoms with Crippen molar-refractivity contribution in [3.05, 3.63) is 23.7 Å². The summed E-state index contributed by atoms with van der Waals surface area (Å²) < 4.78 is 5.23. The summed E-state index contributed by atoms with van der Waals surface area (Å²) in [6, 6.07) is 3.46. The molecule has 0 saturated heterocycles. The highest BCUT2D eigenvalue weighted by molar-refractivity contribution is 5.79. The summed E-state index contributed by atoms with van der Waals surface area (Å²) in [6.45, 7) is 5.03. The highest BCUT2D eigenvalue weighted by atomic mass is 16.4. The van der Waals surface area contributed by atoms with Gasteiger partial charge in [0, 0.05) is 0 Å². The Bertz CT molecular complexity index is 296. The van der Waals surface area contributed by atoms with Gasteiger partial charge in [0.05, 0.1) is 0 Å². The Kier molecular flexibility index (Phi) is 1.96. The van der Waals surface area contributed by atoms with E-state index in [1.807, 2.05) is 0 Å². The van der Waals surface area contributed by atoms with Gasteiger partial charge in [0.1, 0.15) is 16.9 Å². The van der Waals surface area contributed by atoms with Crippen molar-refractivity contribution in [1.82, 2.24) is 0 Å². The molecule has 0 atom stereocenters. The predicted molar refractivity (Wildman–Crippen MR) is 44.1 cm³/mol. The Balaban J connectivity index is 3.05. The van der Waals surface area contributed by atoms with Gasteiger partial charge in [0.15, 0.2) is 0 Å². The number of aryl methyl sites for hydroxylation is 1. The molecule has 1 aromatic rings. The van der Waals surface area contributed by atoms with Gasteiger partial charge in [-0.1, -0.05) is 0 Å². The zero-order chi connectivity index (χ0) is 9.35. The number of carboxylic acids is 1. The molecule has 1 N–H and O–H groups in total. The molecule has 0 spiro atoms. The highest BCUT2D eigenvalue weighted by Gasteiger charge is 2.32. The Morgan fingerprint density at radius 3 is 2.42 bits per heavy atom. The van der Waals surface area contributed by atoms with Crippen LogP contribution in [0.3, 0.4) is 0 Å². The minimum absolute atomic E-state index is 0.493. The molecule has 0 saturated carbocycles. The summed E-state index contributed by atoms with van der Waals surface area (Å²) in [7, 11) is 0. The smallest absolute Gasteiger partial charge is 0.316 e. The van der Waals surface area contributed by atoms with Crippen molar-refractivity contribution >= 4 is 5.97 Å². The minimum atomic E-state index is -0.936. The lowest BCUT2D eigenvalue weighted by Gasteiger charge is -2.15. The van der Waals surface area contributed by atoms with E-state index in [4.69, 9.17) is 9.52 Å². The van der Waals surface area contributed by atoms with E-state index >= 15 is 0 Å². The van der Waals surface area contributed by atoms with Crippen molar-refractivity contribution in [1.29, 1.82) is 0 Å². The molecule has 3 nitrogen and oxygen atoms in total. The molecule has 0 bridgehead atoms. The van der Waals surface area contributed by atoms with Crippen LogP contribution in [0.15, 0.2) is 16.5 Å². The van der Waals surface area contributed by atoms with Gasteiger partial charge in [-0.05, 0) is 32.9 Å². The molecule has 12 heavy (non-hydrogen) atoms. The van der Waals surface area contributed by atoms with Crippen LogP contribution in [0.4, 0.5) is 0 Å². The molecule has 0 aliphatic rings. The Morgan fingerprint density at radius 2 is 2.08 bits per heavy atom. The van der Waals surface area contributed by atoms with E-state index in [1.165, 1.54) is 0 Å². The SMILES string of the molecule is Cc1ccc(C(C)(C)C(=O)O)o1. The summed E-state index contributed by atoms with van der Waals surface area (Å²) in [5.74, 6) is 0.351. The molecule has 0 amide bonds. The molecule has 0 aliphatic carbocycles. The van der Waals surface area contributed by atoms with E-state index in [0.29, 0.717) is 5.76 Å². The lowest BCUT2D eigenvalue weighted by atomic mass is 9.91. The first-order valence-corrected chi connectivity index (χ1v) is 3.75. The van der Waals surface area contributed by atoms with Crippen LogP contribution in [-0.4, -0.2) is 11.1 Å². The van der Waals surface area contributed by atoms with Crippen molar-refractivity contribution in [2.75, 3.05) is 0 Å². The molecule has 0 unspecified atom stereocenters. The number of carbonyl (C=O) groups is 1. The van der Waals surface area contributed by atoms with E-state index in [1.54, 1.807) is 32.9 Å². The maximum absolute atomic E-state index is 10.8. The van der Waals surface area contributed by atoms with E-state index in [2.05, 4.69) is 0 Å². The van der Waals surface area contributed by atoms with Gasteiger partial charge in [-0.15, -0.1) is 0 Å². The maximum Gasteiger partial charge on any atom is 0.316 e. The van der Waals surface area contributed by atoms with E-state index in [9.17, 15) is 4.79 Å². The Labute approximate surface area is 71.0 Å². The quantitative estimate of drug-likeness (QED) is 0.734. The zero-order valence-corrected chi connectivity index (χ0v) is 7.42. The number of carboxylic acid groups (broad SMARTS) is 1. The molecular weight excluding hydrogens is 156 g/mol. The minimum Gasteiger partial charge on any atom is -0.481 e. The third-order valence-corrected chi connectivity index (χ3v) is 1.89. The summed E-state index contributed by atoms with van der Waals surface area (Å²) in [6.07, 6.45) is 0. The van der Waals surface area contributed by atoms with Crippen LogP contribution in [-0.2, 0) is 10.2 Å². The lowest BCUT2D eigenvalue weighted by molar-refractivity contribution is -0.143. The molecule has 0 fully saturated rings. The van der Waals surface area contributed by atoms with Crippen LogP contribution in [0.5, 0.6) is 0 Å². The molecular formula is C9H12O3.